The van der Waals surface area contributed by atoms with Gasteiger partial charge in [-0.1, -0.05) is 69.3 Å². The first-order chi connectivity index (χ1) is 6.72. The number of hydrogen-bond donors (Lipinski definition) is 0. The monoisotopic (exact) mass is 220 g/mol. The molecule has 0 aromatic heterocycles. The van der Waals surface area contributed by atoms with Crippen molar-refractivity contribution in [3.8, 4) is 0 Å². The fourth-order valence-electron chi connectivity index (χ4n) is 1.48. The van der Waals surface area contributed by atoms with Crippen LogP contribution >= 0.6 is 0 Å². The quantitative estimate of drug-likeness (QED) is 0.640. The summed E-state index contributed by atoms with van der Waals surface area (Å²) in [6.07, 6.45) is 0. The largest absolute Gasteiger partial charge is 0.0687 e. The average Bonchev–Trinajstić information content (AvgIpc) is 2.06. The fourth-order valence-corrected chi connectivity index (χ4v) is 3.27. The van der Waals surface area contributed by atoms with Crippen LogP contribution in [0.2, 0.25) is 18.1 Å². The average molecular weight is 220 g/mol. The van der Waals surface area contributed by atoms with E-state index in [1.54, 1.807) is 0 Å². The van der Waals surface area contributed by atoms with Gasteiger partial charge in [-0.05, 0) is 18.0 Å². The molecule has 0 radical (unpaired) electrons. The van der Waals surface area contributed by atoms with Gasteiger partial charge in [-0.3, -0.25) is 0 Å². The summed E-state index contributed by atoms with van der Waals surface area (Å²) in [6, 6.07) is 10.3. The number of hydrogen-bond acceptors (Lipinski definition) is 0. The molecule has 0 aliphatic carbocycles. The zero-order valence-corrected chi connectivity index (χ0v) is 12.0. The van der Waals surface area contributed by atoms with Crippen molar-refractivity contribution in [2.75, 3.05) is 0 Å². The number of aryl methyl sites for hydroxylation is 1. The van der Waals surface area contributed by atoms with Crippen LogP contribution in [0.3, 0.4) is 0 Å². The molecule has 1 rings (SSSR count). The van der Waals surface area contributed by atoms with E-state index in [2.05, 4.69) is 65.1 Å². The molecule has 0 bridgehead atoms. The van der Waals surface area contributed by atoms with Crippen molar-refractivity contribution < 1.29 is 0 Å². The zero-order valence-electron chi connectivity index (χ0n) is 11.0. The highest BCUT2D eigenvalue weighted by Crippen LogP contribution is 2.37. The second-order valence-electron chi connectivity index (χ2n) is 6.30. The third-order valence-corrected chi connectivity index (χ3v) is 9.15. The zero-order chi connectivity index (χ0) is 11.7. The molecular formula is C14H24Si. The van der Waals surface area contributed by atoms with Crippen LogP contribution in [0.5, 0.6) is 0 Å². The Morgan fingerprint density at radius 3 is 1.87 bits per heavy atom. The molecule has 0 fully saturated rings. The van der Waals surface area contributed by atoms with Crippen molar-refractivity contribution in [2.45, 2.75) is 51.9 Å². The predicted octanol–water partition coefficient (Wildman–Crippen LogP) is 4.59. The van der Waals surface area contributed by atoms with E-state index < -0.39 is 8.07 Å². The number of rotatable bonds is 2. The fraction of sp³-hybridized carbons (Fsp3) is 0.571. The Labute approximate surface area is 95.7 Å². The van der Waals surface area contributed by atoms with Gasteiger partial charge in [0.05, 0.1) is 8.07 Å². The highest BCUT2D eigenvalue weighted by Gasteiger charge is 2.34. The van der Waals surface area contributed by atoms with E-state index in [9.17, 15) is 0 Å². The maximum absolute atomic E-state index is 2.49. The molecule has 0 unspecified atom stereocenters. The van der Waals surface area contributed by atoms with Crippen molar-refractivity contribution in [3.05, 3.63) is 35.4 Å². The van der Waals surface area contributed by atoms with Gasteiger partial charge < -0.3 is 0 Å². The normalized spacial score (nSPS) is 12.9. The van der Waals surface area contributed by atoms with Crippen LogP contribution in [-0.2, 0) is 6.04 Å². The van der Waals surface area contributed by atoms with Crippen molar-refractivity contribution in [3.63, 3.8) is 0 Å². The standard InChI is InChI=1S/C14H24Si/c1-12-7-9-13(10-8-12)11-15(5,6)14(2,3)4/h7-10H,11H2,1-6H3. The van der Waals surface area contributed by atoms with Gasteiger partial charge in [0.15, 0.2) is 0 Å². The molecule has 15 heavy (non-hydrogen) atoms. The van der Waals surface area contributed by atoms with Crippen LogP contribution in [0.15, 0.2) is 24.3 Å². The van der Waals surface area contributed by atoms with E-state index in [-0.39, 0.29) is 0 Å². The van der Waals surface area contributed by atoms with Crippen LogP contribution in [0.25, 0.3) is 0 Å². The second kappa shape index (κ2) is 4.13. The molecule has 0 N–H and O–H groups in total. The lowest BCUT2D eigenvalue weighted by molar-refractivity contribution is 0.714. The molecule has 0 aliphatic heterocycles. The summed E-state index contributed by atoms with van der Waals surface area (Å²) in [5.74, 6) is 0. The summed E-state index contributed by atoms with van der Waals surface area (Å²) in [5.41, 5.74) is 2.86. The van der Waals surface area contributed by atoms with Crippen molar-refractivity contribution in [1.82, 2.24) is 0 Å². The van der Waals surface area contributed by atoms with Gasteiger partial charge in [0.2, 0.25) is 0 Å². The molecule has 0 spiro atoms. The summed E-state index contributed by atoms with van der Waals surface area (Å²) >= 11 is 0. The smallest absolute Gasteiger partial charge is 0.0571 e. The Balaban J connectivity index is 2.82. The lowest BCUT2D eigenvalue weighted by Crippen LogP contribution is -2.39. The van der Waals surface area contributed by atoms with E-state index in [1.807, 2.05) is 0 Å². The number of benzene rings is 1. The van der Waals surface area contributed by atoms with Crippen LogP contribution < -0.4 is 0 Å². The molecule has 0 nitrogen and oxygen atoms in total. The maximum atomic E-state index is 2.49. The van der Waals surface area contributed by atoms with E-state index in [1.165, 1.54) is 17.2 Å². The van der Waals surface area contributed by atoms with Crippen LogP contribution in [0.1, 0.15) is 31.9 Å². The first-order valence-electron chi connectivity index (χ1n) is 5.78. The Bertz CT molecular complexity index is 314. The Morgan fingerprint density at radius 1 is 1.00 bits per heavy atom. The van der Waals surface area contributed by atoms with Gasteiger partial charge in [-0.2, -0.15) is 0 Å². The Morgan fingerprint density at radius 2 is 1.47 bits per heavy atom. The highest BCUT2D eigenvalue weighted by atomic mass is 28.3. The molecule has 0 atom stereocenters. The van der Waals surface area contributed by atoms with E-state index in [4.69, 9.17) is 0 Å². The van der Waals surface area contributed by atoms with E-state index in [0.717, 1.165) is 0 Å². The van der Waals surface area contributed by atoms with Gasteiger partial charge in [-0.25, -0.2) is 0 Å². The van der Waals surface area contributed by atoms with Gasteiger partial charge in [-0.15, -0.1) is 0 Å². The highest BCUT2D eigenvalue weighted by molar-refractivity contribution is 6.79. The molecule has 0 aliphatic rings. The minimum Gasteiger partial charge on any atom is -0.0687 e. The van der Waals surface area contributed by atoms with Gasteiger partial charge in [0.25, 0.3) is 0 Å². The van der Waals surface area contributed by atoms with E-state index >= 15 is 0 Å². The predicted molar refractivity (Wildman–Crippen MR) is 72.1 cm³/mol. The summed E-state index contributed by atoms with van der Waals surface area (Å²) in [5, 5.41) is 0.484. The molecule has 0 saturated heterocycles. The molecule has 0 heterocycles. The summed E-state index contributed by atoms with van der Waals surface area (Å²) in [6.45, 7) is 14.3. The van der Waals surface area contributed by atoms with Gasteiger partial charge in [0.1, 0.15) is 0 Å². The maximum Gasteiger partial charge on any atom is 0.0571 e. The van der Waals surface area contributed by atoms with Gasteiger partial charge >= 0.3 is 0 Å². The molecule has 0 amide bonds. The summed E-state index contributed by atoms with van der Waals surface area (Å²) < 4.78 is 0. The van der Waals surface area contributed by atoms with Crippen molar-refractivity contribution in [2.24, 2.45) is 0 Å². The SMILES string of the molecule is Cc1ccc(C[Si](C)(C)C(C)(C)C)cc1. The summed E-state index contributed by atoms with van der Waals surface area (Å²) in [4.78, 5) is 0. The molecule has 0 saturated carbocycles. The first kappa shape index (κ1) is 12.5. The topological polar surface area (TPSA) is 0 Å². The molecule has 1 aromatic rings. The third-order valence-electron chi connectivity index (χ3n) is 3.80. The van der Waals surface area contributed by atoms with Crippen LogP contribution in [0.4, 0.5) is 0 Å². The second-order valence-corrected chi connectivity index (χ2v) is 11.9. The van der Waals surface area contributed by atoms with Gasteiger partial charge in [0, 0.05) is 0 Å². The lowest BCUT2D eigenvalue weighted by atomic mass is 10.2. The third kappa shape index (κ3) is 3.20. The van der Waals surface area contributed by atoms with Crippen LogP contribution in [-0.4, -0.2) is 8.07 Å². The Hall–Kier alpha value is -0.563. The minimum absolute atomic E-state index is 0.484. The van der Waals surface area contributed by atoms with E-state index in [0.29, 0.717) is 5.04 Å². The molecular weight excluding hydrogens is 196 g/mol. The molecule has 1 aromatic carbocycles. The molecule has 1 heteroatoms. The van der Waals surface area contributed by atoms with Crippen LogP contribution in [0, 0.1) is 6.92 Å². The molecule has 84 valence electrons. The van der Waals surface area contributed by atoms with Crippen molar-refractivity contribution >= 4 is 8.07 Å². The summed E-state index contributed by atoms with van der Waals surface area (Å²) in [7, 11) is -1.16. The van der Waals surface area contributed by atoms with Crippen molar-refractivity contribution in [1.29, 1.82) is 0 Å². The first-order valence-corrected chi connectivity index (χ1v) is 8.99. The minimum atomic E-state index is -1.16. The Kier molecular flexibility index (Phi) is 3.44. The lowest BCUT2D eigenvalue weighted by Gasteiger charge is -2.37.